The van der Waals surface area contributed by atoms with Gasteiger partial charge in [-0.25, -0.2) is 0 Å². The molecule has 132 valence electrons. The van der Waals surface area contributed by atoms with E-state index in [-0.39, 0.29) is 0 Å². The van der Waals surface area contributed by atoms with Crippen molar-refractivity contribution in [3.63, 3.8) is 0 Å². The summed E-state index contributed by atoms with van der Waals surface area (Å²) in [5, 5.41) is 1.27. The molecule has 1 heterocycles. The van der Waals surface area contributed by atoms with E-state index in [9.17, 15) is 0 Å². The molecule has 0 aliphatic heterocycles. The molecule has 1 aromatic heterocycles. The number of nitrogens with one attached hydrogen (secondary N) is 1. The van der Waals surface area contributed by atoms with E-state index in [4.69, 9.17) is 15.2 Å². The van der Waals surface area contributed by atoms with Crippen molar-refractivity contribution in [2.24, 2.45) is 5.73 Å². The highest BCUT2D eigenvalue weighted by molar-refractivity contribution is 14.1. The molecule has 3 N–H and O–H groups in total. The van der Waals surface area contributed by atoms with Crippen LogP contribution in [0.5, 0.6) is 11.5 Å². The Balaban J connectivity index is 2.19. The van der Waals surface area contributed by atoms with Crippen LogP contribution in [0.3, 0.4) is 0 Å². The first-order valence-corrected chi connectivity index (χ1v) is 9.48. The van der Waals surface area contributed by atoms with Crippen molar-refractivity contribution in [1.29, 1.82) is 0 Å². The standard InChI is InChI=1S/C20H23IN2O2/c1-24-14-7-9-19(25-2)17(12-14)20-15(5-3-4-10-22)16-11-13(21)6-8-18(16)23-20/h6-9,11-12,23H,3-5,10,22H2,1-2H3. The van der Waals surface area contributed by atoms with Crippen molar-refractivity contribution < 1.29 is 9.47 Å². The van der Waals surface area contributed by atoms with Gasteiger partial charge in [0.05, 0.1) is 19.9 Å². The van der Waals surface area contributed by atoms with Gasteiger partial charge in [-0.05, 0) is 90.4 Å². The van der Waals surface area contributed by atoms with Gasteiger partial charge in [-0.1, -0.05) is 0 Å². The number of fused-ring (bicyclic) bond motifs is 1. The molecule has 3 rings (SSSR count). The van der Waals surface area contributed by atoms with Gasteiger partial charge in [0.1, 0.15) is 11.5 Å². The molecule has 0 saturated heterocycles. The van der Waals surface area contributed by atoms with Gasteiger partial charge in [-0.3, -0.25) is 0 Å². The Kier molecular flexibility index (Phi) is 5.86. The maximum absolute atomic E-state index is 5.69. The molecule has 0 saturated carbocycles. The largest absolute Gasteiger partial charge is 0.497 e. The number of aromatic nitrogens is 1. The predicted molar refractivity (Wildman–Crippen MR) is 112 cm³/mol. The van der Waals surface area contributed by atoms with E-state index in [1.54, 1.807) is 14.2 Å². The smallest absolute Gasteiger partial charge is 0.128 e. The van der Waals surface area contributed by atoms with Crippen molar-refractivity contribution in [3.05, 3.63) is 45.5 Å². The molecule has 2 aromatic carbocycles. The average molecular weight is 450 g/mol. The summed E-state index contributed by atoms with van der Waals surface area (Å²) < 4.78 is 12.3. The zero-order chi connectivity index (χ0) is 17.8. The number of nitrogens with two attached hydrogens (primary N) is 1. The van der Waals surface area contributed by atoms with Crippen LogP contribution >= 0.6 is 22.6 Å². The SMILES string of the molecule is COc1ccc(OC)c(-c2[nH]c3ccc(I)cc3c2CCCCN)c1. The molecule has 0 bridgehead atoms. The van der Waals surface area contributed by atoms with Crippen molar-refractivity contribution in [1.82, 2.24) is 4.98 Å². The lowest BCUT2D eigenvalue weighted by Crippen LogP contribution is -1.99. The molecule has 4 nitrogen and oxygen atoms in total. The van der Waals surface area contributed by atoms with E-state index >= 15 is 0 Å². The van der Waals surface area contributed by atoms with Crippen LogP contribution in [0.2, 0.25) is 0 Å². The first-order valence-electron chi connectivity index (χ1n) is 8.40. The molecule has 25 heavy (non-hydrogen) atoms. The number of ether oxygens (including phenoxy) is 2. The second-order valence-electron chi connectivity index (χ2n) is 5.98. The van der Waals surface area contributed by atoms with Gasteiger partial charge in [-0.2, -0.15) is 0 Å². The zero-order valence-corrected chi connectivity index (χ0v) is 16.7. The molecule has 0 aliphatic carbocycles. The lowest BCUT2D eigenvalue weighted by Gasteiger charge is -2.12. The Hall–Kier alpha value is -1.73. The molecule has 5 heteroatoms. The summed E-state index contributed by atoms with van der Waals surface area (Å²) in [5.74, 6) is 1.65. The van der Waals surface area contributed by atoms with Crippen LogP contribution in [0.25, 0.3) is 22.2 Å². The summed E-state index contributed by atoms with van der Waals surface area (Å²) in [6, 6.07) is 12.4. The second-order valence-corrected chi connectivity index (χ2v) is 7.23. The monoisotopic (exact) mass is 450 g/mol. The summed E-state index contributed by atoms with van der Waals surface area (Å²) in [5.41, 5.74) is 10.3. The van der Waals surface area contributed by atoms with Crippen LogP contribution in [0, 0.1) is 3.57 Å². The molecular weight excluding hydrogens is 427 g/mol. The molecule has 0 radical (unpaired) electrons. The fourth-order valence-electron chi connectivity index (χ4n) is 3.17. The minimum Gasteiger partial charge on any atom is -0.497 e. The molecule has 0 spiro atoms. The van der Waals surface area contributed by atoms with Crippen LogP contribution in [0.15, 0.2) is 36.4 Å². The number of hydrogen-bond acceptors (Lipinski definition) is 3. The molecule has 0 fully saturated rings. The average Bonchev–Trinajstić information content (AvgIpc) is 2.99. The van der Waals surface area contributed by atoms with Crippen molar-refractivity contribution in [3.8, 4) is 22.8 Å². The Morgan fingerprint density at radius 1 is 1.04 bits per heavy atom. The highest BCUT2D eigenvalue weighted by atomic mass is 127. The van der Waals surface area contributed by atoms with Crippen LogP contribution in [0.4, 0.5) is 0 Å². The van der Waals surface area contributed by atoms with Crippen LogP contribution in [-0.4, -0.2) is 25.7 Å². The van der Waals surface area contributed by atoms with E-state index in [1.165, 1.54) is 14.5 Å². The molecular formula is C20H23IN2O2. The summed E-state index contributed by atoms with van der Waals surface area (Å²) in [7, 11) is 3.38. The zero-order valence-electron chi connectivity index (χ0n) is 14.6. The third kappa shape index (κ3) is 3.77. The number of halogens is 1. The Bertz CT molecular complexity index is 874. The maximum atomic E-state index is 5.69. The minimum absolute atomic E-state index is 0.720. The number of methoxy groups -OCH3 is 2. The van der Waals surface area contributed by atoms with E-state index in [0.29, 0.717) is 0 Å². The highest BCUT2D eigenvalue weighted by Gasteiger charge is 2.17. The normalized spacial score (nSPS) is 11.0. The number of aryl methyl sites for hydroxylation is 1. The summed E-state index contributed by atoms with van der Waals surface area (Å²) in [6.07, 6.45) is 3.06. The van der Waals surface area contributed by atoms with Crippen LogP contribution < -0.4 is 15.2 Å². The van der Waals surface area contributed by atoms with Crippen LogP contribution in [0.1, 0.15) is 18.4 Å². The van der Waals surface area contributed by atoms with Crippen molar-refractivity contribution in [2.45, 2.75) is 19.3 Å². The Morgan fingerprint density at radius 2 is 1.88 bits per heavy atom. The minimum atomic E-state index is 0.720. The fraction of sp³-hybridized carbons (Fsp3) is 0.300. The maximum Gasteiger partial charge on any atom is 0.128 e. The fourth-order valence-corrected chi connectivity index (χ4v) is 3.66. The van der Waals surface area contributed by atoms with E-state index in [1.807, 2.05) is 18.2 Å². The molecule has 0 aliphatic rings. The van der Waals surface area contributed by atoms with Gasteiger partial charge >= 0.3 is 0 Å². The topological polar surface area (TPSA) is 60.3 Å². The van der Waals surface area contributed by atoms with Gasteiger partial charge in [0, 0.05) is 20.0 Å². The lowest BCUT2D eigenvalue weighted by atomic mass is 9.99. The lowest BCUT2D eigenvalue weighted by molar-refractivity contribution is 0.404. The quantitative estimate of drug-likeness (QED) is 0.404. The number of hydrogen-bond donors (Lipinski definition) is 2. The van der Waals surface area contributed by atoms with Gasteiger partial charge in [-0.15, -0.1) is 0 Å². The van der Waals surface area contributed by atoms with Gasteiger partial charge in [0.2, 0.25) is 0 Å². The molecule has 0 amide bonds. The summed E-state index contributed by atoms with van der Waals surface area (Å²) >= 11 is 2.36. The first-order chi connectivity index (χ1) is 12.2. The van der Waals surface area contributed by atoms with Gasteiger partial charge in [0.25, 0.3) is 0 Å². The molecule has 0 unspecified atom stereocenters. The number of unbranched alkanes of at least 4 members (excludes halogenated alkanes) is 1. The van der Waals surface area contributed by atoms with Crippen molar-refractivity contribution >= 4 is 33.5 Å². The highest BCUT2D eigenvalue weighted by Crippen LogP contribution is 2.38. The van der Waals surface area contributed by atoms with Gasteiger partial charge < -0.3 is 20.2 Å². The second kappa shape index (κ2) is 8.10. The third-order valence-electron chi connectivity index (χ3n) is 4.43. The number of H-pyrrole nitrogens is 1. The number of aromatic amines is 1. The van der Waals surface area contributed by atoms with Gasteiger partial charge in [0.15, 0.2) is 0 Å². The van der Waals surface area contributed by atoms with E-state index in [0.717, 1.165) is 54.1 Å². The van der Waals surface area contributed by atoms with Crippen molar-refractivity contribution in [2.75, 3.05) is 20.8 Å². The summed E-state index contributed by atoms with van der Waals surface area (Å²) in [4.78, 5) is 3.59. The van der Waals surface area contributed by atoms with Crippen LogP contribution in [-0.2, 0) is 6.42 Å². The van der Waals surface area contributed by atoms with E-state index in [2.05, 4.69) is 45.8 Å². The summed E-state index contributed by atoms with van der Waals surface area (Å²) in [6.45, 7) is 0.720. The Labute approximate surface area is 161 Å². The number of rotatable bonds is 7. The first kappa shape index (κ1) is 18.1. The molecule has 3 aromatic rings. The third-order valence-corrected chi connectivity index (χ3v) is 5.10. The van der Waals surface area contributed by atoms with E-state index < -0.39 is 0 Å². The predicted octanol–water partition coefficient (Wildman–Crippen LogP) is 4.74. The number of benzene rings is 2. The molecule has 0 atom stereocenters. The Morgan fingerprint density at radius 3 is 2.60 bits per heavy atom.